The summed E-state index contributed by atoms with van der Waals surface area (Å²) in [6, 6.07) is 10.0. The summed E-state index contributed by atoms with van der Waals surface area (Å²) in [7, 11) is 0. The second-order valence-corrected chi connectivity index (χ2v) is 6.67. The van der Waals surface area contributed by atoms with Crippen molar-refractivity contribution in [3.63, 3.8) is 0 Å². The molecule has 4 aromatic rings. The van der Waals surface area contributed by atoms with Crippen molar-refractivity contribution in [2.24, 2.45) is 0 Å². The number of ether oxygens (including phenoxy) is 2. The van der Waals surface area contributed by atoms with Crippen molar-refractivity contribution in [2.45, 2.75) is 6.92 Å². The number of aromatic hydroxyl groups is 1. The first-order valence-electron chi connectivity index (χ1n) is 9.78. The maximum atomic E-state index is 12.5. The zero-order chi connectivity index (χ0) is 23.4. The number of fused-ring (bicyclic) bond motifs is 1. The van der Waals surface area contributed by atoms with E-state index in [1.165, 1.54) is 55.0 Å². The number of phenols is 1. The summed E-state index contributed by atoms with van der Waals surface area (Å²) in [6.45, 7) is 1.75. The number of anilines is 1. The zero-order valence-electron chi connectivity index (χ0n) is 17.3. The second-order valence-electron chi connectivity index (χ2n) is 6.67. The lowest BCUT2D eigenvalue weighted by molar-refractivity contribution is 0.0734. The van der Waals surface area contributed by atoms with E-state index in [9.17, 15) is 19.5 Å². The smallest absolute Gasteiger partial charge is 0.411 e. The lowest BCUT2D eigenvalue weighted by atomic mass is 10.1. The van der Waals surface area contributed by atoms with E-state index in [0.717, 1.165) is 0 Å². The Kier molecular flexibility index (Phi) is 5.98. The normalized spacial score (nSPS) is 10.6. The standard InChI is InChI=1S/C23H17N3O7/c1-2-31-23(30)26-16-9-14(32-22(29)13-5-4-8-24-11-13)12-25-20(16)19-10-18(28)15-6-3-7-17(27)21(15)33-19/h3-12,27H,2H2,1H3,(H,26,30). The molecule has 3 aromatic heterocycles. The minimum absolute atomic E-state index is 0.0189. The van der Waals surface area contributed by atoms with Gasteiger partial charge in [-0.3, -0.25) is 15.1 Å². The largest absolute Gasteiger partial charge is 0.504 e. The summed E-state index contributed by atoms with van der Waals surface area (Å²) >= 11 is 0. The Bertz CT molecular complexity index is 1400. The molecule has 33 heavy (non-hydrogen) atoms. The van der Waals surface area contributed by atoms with E-state index in [-0.39, 0.29) is 51.8 Å². The third-order valence-electron chi connectivity index (χ3n) is 4.45. The third-order valence-corrected chi connectivity index (χ3v) is 4.45. The van der Waals surface area contributed by atoms with Crippen molar-refractivity contribution >= 4 is 28.7 Å². The van der Waals surface area contributed by atoms with Crippen molar-refractivity contribution in [1.29, 1.82) is 0 Å². The van der Waals surface area contributed by atoms with Gasteiger partial charge in [0.2, 0.25) is 0 Å². The molecule has 0 unspecified atom stereocenters. The molecule has 166 valence electrons. The highest BCUT2D eigenvalue weighted by molar-refractivity contribution is 5.93. The van der Waals surface area contributed by atoms with Crippen LogP contribution in [0.2, 0.25) is 0 Å². The average molecular weight is 447 g/mol. The fraction of sp³-hybridized carbons (Fsp3) is 0.0870. The Balaban J connectivity index is 1.77. The Morgan fingerprint density at radius 3 is 2.76 bits per heavy atom. The molecule has 0 saturated carbocycles. The van der Waals surface area contributed by atoms with Crippen LogP contribution in [0.25, 0.3) is 22.4 Å². The molecule has 0 aliphatic rings. The zero-order valence-corrected chi connectivity index (χ0v) is 17.3. The summed E-state index contributed by atoms with van der Waals surface area (Å²) in [6.07, 6.45) is 3.30. The number of nitrogens with one attached hydrogen (secondary N) is 1. The number of hydrogen-bond acceptors (Lipinski definition) is 9. The number of carbonyl (C=O) groups excluding carboxylic acids is 2. The number of phenolic OH excluding ortho intramolecular Hbond substituents is 1. The van der Waals surface area contributed by atoms with Crippen LogP contribution in [0.15, 0.2) is 70.3 Å². The van der Waals surface area contributed by atoms with Crippen LogP contribution in [-0.2, 0) is 4.74 Å². The number of rotatable bonds is 5. The SMILES string of the molecule is CCOC(=O)Nc1cc(OC(=O)c2cccnc2)cnc1-c1cc(=O)c2cccc(O)c2o1. The molecule has 0 bridgehead atoms. The molecule has 0 aliphatic carbocycles. The third kappa shape index (κ3) is 4.64. The van der Waals surface area contributed by atoms with E-state index >= 15 is 0 Å². The Morgan fingerprint density at radius 2 is 2.00 bits per heavy atom. The fourth-order valence-electron chi connectivity index (χ4n) is 3.00. The monoisotopic (exact) mass is 447 g/mol. The number of amides is 1. The van der Waals surface area contributed by atoms with Crippen LogP contribution in [0, 0.1) is 0 Å². The van der Waals surface area contributed by atoms with E-state index in [2.05, 4.69) is 15.3 Å². The number of hydrogen-bond donors (Lipinski definition) is 2. The highest BCUT2D eigenvalue weighted by Gasteiger charge is 2.18. The van der Waals surface area contributed by atoms with Gasteiger partial charge in [0.15, 0.2) is 28.3 Å². The molecule has 1 amide bonds. The van der Waals surface area contributed by atoms with Crippen LogP contribution in [0.3, 0.4) is 0 Å². The highest BCUT2D eigenvalue weighted by Crippen LogP contribution is 2.32. The van der Waals surface area contributed by atoms with Gasteiger partial charge in [0.1, 0.15) is 5.69 Å². The van der Waals surface area contributed by atoms with Crippen molar-refractivity contribution in [1.82, 2.24) is 9.97 Å². The van der Waals surface area contributed by atoms with Gasteiger partial charge in [-0.05, 0) is 31.2 Å². The van der Waals surface area contributed by atoms with Crippen molar-refractivity contribution < 1.29 is 28.6 Å². The molecule has 4 rings (SSSR count). The quantitative estimate of drug-likeness (QED) is 0.438. The number of benzene rings is 1. The Morgan fingerprint density at radius 1 is 1.15 bits per heavy atom. The number of nitrogens with zero attached hydrogens (tertiary/aromatic N) is 2. The summed E-state index contributed by atoms with van der Waals surface area (Å²) in [5, 5.41) is 12.8. The fourth-order valence-corrected chi connectivity index (χ4v) is 3.00. The molecule has 0 radical (unpaired) electrons. The maximum Gasteiger partial charge on any atom is 0.411 e. The topological polar surface area (TPSA) is 141 Å². The van der Waals surface area contributed by atoms with Gasteiger partial charge in [-0.2, -0.15) is 0 Å². The molecule has 10 nitrogen and oxygen atoms in total. The van der Waals surface area contributed by atoms with E-state index in [0.29, 0.717) is 0 Å². The molecular formula is C23H17N3O7. The van der Waals surface area contributed by atoms with Crippen LogP contribution >= 0.6 is 0 Å². The van der Waals surface area contributed by atoms with Crippen LogP contribution in [0.5, 0.6) is 11.5 Å². The van der Waals surface area contributed by atoms with Gasteiger partial charge in [-0.15, -0.1) is 0 Å². The van der Waals surface area contributed by atoms with Crippen LogP contribution < -0.4 is 15.5 Å². The number of pyridine rings is 2. The van der Waals surface area contributed by atoms with Gasteiger partial charge >= 0.3 is 12.1 Å². The minimum Gasteiger partial charge on any atom is -0.504 e. The van der Waals surface area contributed by atoms with Gasteiger partial charge in [-0.1, -0.05) is 6.07 Å². The van der Waals surface area contributed by atoms with Gasteiger partial charge in [0.05, 0.1) is 29.4 Å². The molecular weight excluding hydrogens is 430 g/mol. The summed E-state index contributed by atoms with van der Waals surface area (Å²) < 4.78 is 15.9. The first-order chi connectivity index (χ1) is 16.0. The van der Waals surface area contributed by atoms with Gasteiger partial charge in [-0.25, -0.2) is 14.6 Å². The van der Waals surface area contributed by atoms with E-state index in [4.69, 9.17) is 13.9 Å². The number of para-hydroxylation sites is 1. The molecule has 3 heterocycles. The summed E-state index contributed by atoms with van der Waals surface area (Å²) in [5.74, 6) is -0.911. The van der Waals surface area contributed by atoms with E-state index in [1.807, 2.05) is 0 Å². The maximum absolute atomic E-state index is 12.5. The molecule has 10 heteroatoms. The van der Waals surface area contributed by atoms with Gasteiger partial charge in [0, 0.05) is 24.5 Å². The molecule has 0 atom stereocenters. The molecule has 0 fully saturated rings. The molecule has 0 saturated heterocycles. The minimum atomic E-state index is -0.790. The summed E-state index contributed by atoms with van der Waals surface area (Å²) in [5.41, 5.74) is -0.110. The van der Waals surface area contributed by atoms with Crippen LogP contribution in [0.4, 0.5) is 10.5 Å². The molecule has 0 spiro atoms. The van der Waals surface area contributed by atoms with Gasteiger partial charge in [0.25, 0.3) is 0 Å². The number of aromatic nitrogens is 2. The second kappa shape index (κ2) is 9.18. The first-order valence-corrected chi connectivity index (χ1v) is 9.78. The van der Waals surface area contributed by atoms with Crippen molar-refractivity contribution in [3.8, 4) is 23.0 Å². The lowest BCUT2D eigenvalue weighted by Gasteiger charge is -2.12. The first kappa shape index (κ1) is 21.5. The Hall–Kier alpha value is -4.73. The Labute approximate surface area is 186 Å². The van der Waals surface area contributed by atoms with Crippen LogP contribution in [0.1, 0.15) is 17.3 Å². The van der Waals surface area contributed by atoms with Gasteiger partial charge < -0.3 is 19.0 Å². The highest BCUT2D eigenvalue weighted by atomic mass is 16.5. The van der Waals surface area contributed by atoms with Crippen LogP contribution in [-0.4, -0.2) is 33.7 Å². The van der Waals surface area contributed by atoms with Crippen molar-refractivity contribution in [3.05, 3.63) is 76.8 Å². The molecule has 2 N–H and O–H groups in total. The van der Waals surface area contributed by atoms with Crippen molar-refractivity contribution in [2.75, 3.05) is 11.9 Å². The molecule has 0 aliphatic heterocycles. The molecule has 1 aromatic carbocycles. The summed E-state index contributed by atoms with van der Waals surface area (Å²) in [4.78, 5) is 45.0. The predicted octanol–water partition coefficient (Wildman–Crippen LogP) is 3.74. The van der Waals surface area contributed by atoms with E-state index < -0.39 is 17.5 Å². The average Bonchev–Trinajstić information content (AvgIpc) is 2.80. The predicted molar refractivity (Wildman–Crippen MR) is 117 cm³/mol. The lowest BCUT2D eigenvalue weighted by Crippen LogP contribution is -2.15. The number of carbonyl (C=O) groups is 2. The number of esters is 1. The van der Waals surface area contributed by atoms with E-state index in [1.54, 1.807) is 13.0 Å².